The Balaban J connectivity index is 0.00000192. The summed E-state index contributed by atoms with van der Waals surface area (Å²) in [5.41, 5.74) is 1.00. The molecule has 0 aliphatic carbocycles. The van der Waals surface area contributed by atoms with E-state index in [9.17, 15) is 4.79 Å². The fourth-order valence-corrected chi connectivity index (χ4v) is 2.30. The Kier molecular flexibility index (Phi) is 6.16. The number of aromatic carboxylic acids is 1. The van der Waals surface area contributed by atoms with Gasteiger partial charge in [-0.1, -0.05) is 42.5 Å². The number of hydrogen-bond donors (Lipinski definition) is 1. The number of aromatic nitrogens is 1. The third-order valence-corrected chi connectivity index (χ3v) is 3.44. The van der Waals surface area contributed by atoms with E-state index in [1.165, 1.54) is 6.07 Å². The molecule has 0 aliphatic heterocycles. The zero-order valence-corrected chi connectivity index (χ0v) is 14.9. The first-order chi connectivity index (χ1) is 10.7. The van der Waals surface area contributed by atoms with E-state index in [0.717, 1.165) is 22.1 Å². The minimum Gasteiger partial charge on any atom is -0.493 e. The number of carboxylic acids is 1. The molecule has 3 aromatic rings. The van der Waals surface area contributed by atoms with Crippen molar-refractivity contribution in [2.75, 3.05) is 6.61 Å². The fraction of sp³-hybridized carbons (Fsp3) is 0.111. The molecule has 0 saturated heterocycles. The van der Waals surface area contributed by atoms with E-state index in [1.807, 2.05) is 30.3 Å². The molecule has 5 heteroatoms. The van der Waals surface area contributed by atoms with Crippen LogP contribution in [0.2, 0.25) is 0 Å². The maximum Gasteiger partial charge on any atom is 0.354 e. The van der Waals surface area contributed by atoms with Gasteiger partial charge in [-0.2, -0.15) is 0 Å². The molecule has 1 N–H and O–H groups in total. The van der Waals surface area contributed by atoms with Crippen molar-refractivity contribution in [1.29, 1.82) is 0 Å². The van der Waals surface area contributed by atoms with Crippen LogP contribution >= 0.6 is 0 Å². The van der Waals surface area contributed by atoms with Gasteiger partial charge in [0.15, 0.2) is 0 Å². The van der Waals surface area contributed by atoms with Gasteiger partial charge in [-0.25, -0.2) is 9.78 Å². The SMILES string of the molecule is O=C(O)c1ccc(CCOc2cccc3ccccc23)cn1.[Na]. The van der Waals surface area contributed by atoms with Gasteiger partial charge >= 0.3 is 5.97 Å². The molecule has 1 aromatic heterocycles. The number of rotatable bonds is 5. The first-order valence-electron chi connectivity index (χ1n) is 7.03. The first-order valence-corrected chi connectivity index (χ1v) is 7.03. The van der Waals surface area contributed by atoms with Gasteiger partial charge in [-0.15, -0.1) is 0 Å². The minimum atomic E-state index is -1.02. The van der Waals surface area contributed by atoms with E-state index < -0.39 is 5.97 Å². The number of fused-ring (bicyclic) bond motifs is 1. The third-order valence-electron chi connectivity index (χ3n) is 3.44. The van der Waals surface area contributed by atoms with Crippen LogP contribution in [-0.4, -0.2) is 52.2 Å². The van der Waals surface area contributed by atoms with Crippen LogP contribution in [0, 0.1) is 0 Å². The molecule has 2 aromatic carbocycles. The van der Waals surface area contributed by atoms with Crippen molar-refractivity contribution in [2.45, 2.75) is 6.42 Å². The number of hydrogen-bond acceptors (Lipinski definition) is 3. The maximum absolute atomic E-state index is 10.7. The van der Waals surface area contributed by atoms with E-state index in [1.54, 1.807) is 12.3 Å². The molecule has 0 saturated carbocycles. The molecule has 0 aliphatic rings. The molecule has 0 bridgehead atoms. The van der Waals surface area contributed by atoms with Gasteiger partial charge in [0.1, 0.15) is 11.4 Å². The molecule has 3 rings (SSSR count). The summed E-state index contributed by atoms with van der Waals surface area (Å²) in [6.45, 7) is 0.516. The van der Waals surface area contributed by atoms with Gasteiger partial charge in [0, 0.05) is 47.6 Å². The number of ether oxygens (including phenoxy) is 1. The molecule has 4 nitrogen and oxygen atoms in total. The summed E-state index contributed by atoms with van der Waals surface area (Å²) in [7, 11) is 0. The predicted molar refractivity (Wildman–Crippen MR) is 90.1 cm³/mol. The van der Waals surface area contributed by atoms with Gasteiger partial charge < -0.3 is 9.84 Å². The van der Waals surface area contributed by atoms with Crippen LogP contribution in [-0.2, 0) is 6.42 Å². The fourth-order valence-electron chi connectivity index (χ4n) is 2.30. The van der Waals surface area contributed by atoms with Crippen LogP contribution < -0.4 is 4.74 Å². The number of carboxylic acid groups (broad SMARTS) is 1. The average Bonchev–Trinajstić information content (AvgIpc) is 2.55. The molecule has 0 amide bonds. The number of carbonyl (C=O) groups is 1. The number of nitrogens with zero attached hydrogens (tertiary/aromatic N) is 1. The van der Waals surface area contributed by atoms with Crippen LogP contribution in [0.4, 0.5) is 0 Å². The molecule has 111 valence electrons. The normalized spacial score (nSPS) is 10.1. The monoisotopic (exact) mass is 316 g/mol. The number of pyridine rings is 1. The molecule has 1 radical (unpaired) electrons. The van der Waals surface area contributed by atoms with Crippen molar-refractivity contribution < 1.29 is 14.6 Å². The molecule has 0 spiro atoms. The van der Waals surface area contributed by atoms with Crippen molar-refractivity contribution in [3.05, 3.63) is 72.1 Å². The van der Waals surface area contributed by atoms with E-state index in [0.29, 0.717) is 13.0 Å². The van der Waals surface area contributed by atoms with E-state index >= 15 is 0 Å². The predicted octanol–water partition coefficient (Wildman–Crippen LogP) is 3.17. The second-order valence-electron chi connectivity index (χ2n) is 4.93. The Morgan fingerprint density at radius 2 is 1.83 bits per heavy atom. The summed E-state index contributed by atoms with van der Waals surface area (Å²) in [5.74, 6) is -0.160. The summed E-state index contributed by atoms with van der Waals surface area (Å²) in [6, 6.07) is 17.3. The van der Waals surface area contributed by atoms with Crippen LogP contribution in [0.3, 0.4) is 0 Å². The van der Waals surface area contributed by atoms with Gasteiger partial charge in [-0.3, -0.25) is 0 Å². The third kappa shape index (κ3) is 4.32. The summed E-state index contributed by atoms with van der Waals surface area (Å²) in [5, 5.41) is 11.0. The second-order valence-corrected chi connectivity index (χ2v) is 4.93. The van der Waals surface area contributed by atoms with Crippen molar-refractivity contribution >= 4 is 46.3 Å². The van der Waals surface area contributed by atoms with E-state index in [4.69, 9.17) is 9.84 Å². The Hall–Kier alpha value is -1.88. The van der Waals surface area contributed by atoms with Crippen molar-refractivity contribution in [1.82, 2.24) is 4.98 Å². The van der Waals surface area contributed by atoms with Crippen LogP contribution in [0.1, 0.15) is 16.1 Å². The van der Waals surface area contributed by atoms with Crippen molar-refractivity contribution in [3.63, 3.8) is 0 Å². The molecule has 1 heterocycles. The quantitative estimate of drug-likeness (QED) is 0.735. The topological polar surface area (TPSA) is 59.4 Å². The Bertz CT molecular complexity index is 797. The molecule has 0 unspecified atom stereocenters. The van der Waals surface area contributed by atoms with Gasteiger partial charge in [0.2, 0.25) is 0 Å². The first kappa shape index (κ1) is 17.5. The van der Waals surface area contributed by atoms with Crippen LogP contribution in [0.15, 0.2) is 60.8 Å². The standard InChI is InChI=1S/C18H15NO3.Na/c20-18(21)16-9-8-13(12-19-16)10-11-22-17-7-3-5-14-4-1-2-6-15(14)17;/h1-9,12H,10-11H2,(H,20,21);. The van der Waals surface area contributed by atoms with Gasteiger partial charge in [-0.05, 0) is 23.1 Å². The molecular weight excluding hydrogens is 301 g/mol. The van der Waals surface area contributed by atoms with Gasteiger partial charge in [0.25, 0.3) is 0 Å². The molecular formula is C18H15NNaO3. The minimum absolute atomic E-state index is 0. The average molecular weight is 316 g/mol. The summed E-state index contributed by atoms with van der Waals surface area (Å²) in [6.07, 6.45) is 2.26. The Morgan fingerprint density at radius 3 is 2.57 bits per heavy atom. The van der Waals surface area contributed by atoms with Crippen LogP contribution in [0.5, 0.6) is 5.75 Å². The molecule has 0 fully saturated rings. The summed E-state index contributed by atoms with van der Waals surface area (Å²) in [4.78, 5) is 14.6. The summed E-state index contributed by atoms with van der Waals surface area (Å²) < 4.78 is 5.86. The largest absolute Gasteiger partial charge is 0.493 e. The van der Waals surface area contributed by atoms with E-state index in [-0.39, 0.29) is 35.3 Å². The van der Waals surface area contributed by atoms with Crippen LogP contribution in [0.25, 0.3) is 10.8 Å². The Morgan fingerprint density at radius 1 is 1.04 bits per heavy atom. The number of benzene rings is 2. The van der Waals surface area contributed by atoms with Crippen molar-refractivity contribution in [3.8, 4) is 5.75 Å². The van der Waals surface area contributed by atoms with Gasteiger partial charge in [0.05, 0.1) is 6.61 Å². The molecule has 0 atom stereocenters. The second kappa shape index (κ2) is 8.11. The smallest absolute Gasteiger partial charge is 0.354 e. The van der Waals surface area contributed by atoms with Crippen molar-refractivity contribution in [2.24, 2.45) is 0 Å². The molecule has 23 heavy (non-hydrogen) atoms. The zero-order valence-electron chi connectivity index (χ0n) is 12.9. The Labute approximate surface area is 156 Å². The zero-order chi connectivity index (χ0) is 15.4. The summed E-state index contributed by atoms with van der Waals surface area (Å²) >= 11 is 0. The van der Waals surface area contributed by atoms with E-state index in [2.05, 4.69) is 17.1 Å². The maximum atomic E-state index is 10.7.